The van der Waals surface area contributed by atoms with Crippen molar-refractivity contribution in [2.45, 2.75) is 20.0 Å². The number of methoxy groups -OCH3 is 2. The van der Waals surface area contributed by atoms with Gasteiger partial charge >= 0.3 is 17.7 Å². The lowest BCUT2D eigenvalue weighted by molar-refractivity contribution is -0.417. The van der Waals surface area contributed by atoms with Crippen molar-refractivity contribution in [3.63, 3.8) is 0 Å². The molecule has 0 amide bonds. The Morgan fingerprint density at radius 2 is 1.20 bits per heavy atom. The SMILES string of the molecule is COc1ccc(OC(=O)c2c(Cl)ccc(Cl)c2CO)cc1.COc1ccccc1.C[O+]=C1C=CCC=C1.Cc1c(Cl)ccc(Cl)c1C(=O)O. The Bertz CT molecular complexity index is 1760. The first-order valence-corrected chi connectivity index (χ1v) is 15.9. The van der Waals surface area contributed by atoms with E-state index >= 15 is 0 Å². The molecule has 0 saturated carbocycles. The fourth-order valence-electron chi connectivity index (χ4n) is 3.88. The van der Waals surface area contributed by atoms with Crippen molar-refractivity contribution in [2.24, 2.45) is 0 Å². The average Bonchev–Trinajstić information content (AvgIpc) is 3.12. The zero-order valence-corrected chi connectivity index (χ0v) is 30.1. The number of esters is 1. The van der Waals surface area contributed by atoms with Crippen LogP contribution in [0.3, 0.4) is 0 Å². The van der Waals surface area contributed by atoms with Gasteiger partial charge in [0.25, 0.3) is 7.11 Å². The highest BCUT2D eigenvalue weighted by Crippen LogP contribution is 2.29. The number of ether oxygens (including phenoxy) is 3. The number of halogens is 4. The van der Waals surface area contributed by atoms with Crippen molar-refractivity contribution < 1.29 is 38.4 Å². The van der Waals surface area contributed by atoms with Gasteiger partial charge in [0.2, 0.25) is 0 Å². The molecule has 0 bridgehead atoms. The van der Waals surface area contributed by atoms with Crippen molar-refractivity contribution in [2.75, 3.05) is 21.3 Å². The molecule has 8 nitrogen and oxygen atoms in total. The largest absolute Gasteiger partial charge is 0.497 e. The van der Waals surface area contributed by atoms with E-state index in [4.69, 9.17) is 70.1 Å². The van der Waals surface area contributed by atoms with Crippen LogP contribution in [0, 0.1) is 6.92 Å². The molecule has 2 N–H and O–H groups in total. The molecule has 0 aliphatic heterocycles. The Kier molecular flexibility index (Phi) is 18.0. The summed E-state index contributed by atoms with van der Waals surface area (Å²) in [5.41, 5.74) is 0.867. The van der Waals surface area contributed by atoms with E-state index in [1.165, 1.54) is 18.2 Å². The summed E-state index contributed by atoms with van der Waals surface area (Å²) in [5, 5.41) is 19.1. The number of hydrogen-bond acceptors (Lipinski definition) is 6. The van der Waals surface area contributed by atoms with E-state index in [0.717, 1.165) is 18.0 Å². The van der Waals surface area contributed by atoms with Gasteiger partial charge in [0.15, 0.2) is 0 Å². The van der Waals surface area contributed by atoms with Crippen LogP contribution in [0.1, 0.15) is 38.3 Å². The van der Waals surface area contributed by atoms with Crippen LogP contribution in [0.15, 0.2) is 103 Å². The van der Waals surface area contributed by atoms with E-state index in [2.05, 4.69) is 12.2 Å². The third kappa shape index (κ3) is 13.3. The van der Waals surface area contributed by atoms with Crippen molar-refractivity contribution >= 4 is 64.1 Å². The van der Waals surface area contributed by atoms with Gasteiger partial charge in [0, 0.05) is 27.8 Å². The van der Waals surface area contributed by atoms with Crippen LogP contribution in [0.2, 0.25) is 20.1 Å². The van der Waals surface area contributed by atoms with Crippen LogP contribution in [0.5, 0.6) is 17.2 Å². The second-order valence-electron chi connectivity index (χ2n) is 9.60. The fraction of sp³-hybridized carbons (Fsp3) is 0.162. The number of allylic oxidation sites excluding steroid dienone is 4. The quantitative estimate of drug-likeness (QED) is 0.115. The smallest absolute Gasteiger partial charge is 0.345 e. The van der Waals surface area contributed by atoms with Crippen LogP contribution in [-0.4, -0.2) is 49.3 Å². The summed E-state index contributed by atoms with van der Waals surface area (Å²) in [4.78, 5) is 22.9. The molecule has 0 atom stereocenters. The van der Waals surface area contributed by atoms with E-state index in [1.807, 2.05) is 42.5 Å². The number of rotatable bonds is 6. The van der Waals surface area contributed by atoms with Crippen molar-refractivity contribution in [3.05, 3.63) is 146 Å². The van der Waals surface area contributed by atoms with E-state index in [1.54, 1.807) is 58.6 Å². The summed E-state index contributed by atoms with van der Waals surface area (Å²) in [6.45, 7) is 1.21. The number of carboxylic acid groups (broad SMARTS) is 1. The molecule has 5 rings (SSSR count). The molecule has 0 spiro atoms. The van der Waals surface area contributed by atoms with Crippen molar-refractivity contribution in [1.29, 1.82) is 0 Å². The first-order chi connectivity index (χ1) is 23.5. The Balaban J connectivity index is 0.000000250. The molecule has 0 fully saturated rings. The molecule has 4 aromatic carbocycles. The number of aliphatic hydroxyl groups excluding tert-OH is 1. The highest BCUT2D eigenvalue weighted by Gasteiger charge is 2.20. The molecule has 0 radical (unpaired) electrons. The number of carbonyl (C=O) groups excluding carboxylic acids is 2. The first-order valence-electron chi connectivity index (χ1n) is 14.4. The number of aliphatic hydroxyl groups is 1. The summed E-state index contributed by atoms with van der Waals surface area (Å²) < 4.78 is 20.1. The number of aromatic carboxylic acids is 1. The third-order valence-electron chi connectivity index (χ3n) is 6.45. The van der Waals surface area contributed by atoms with E-state index in [9.17, 15) is 14.7 Å². The number of carbonyl (C=O) groups is 2. The molecule has 0 heterocycles. The molecule has 258 valence electrons. The summed E-state index contributed by atoms with van der Waals surface area (Å²) in [6.07, 6.45) is 9.12. The Morgan fingerprint density at radius 1 is 0.714 bits per heavy atom. The normalized spacial score (nSPS) is 11.0. The van der Waals surface area contributed by atoms with Gasteiger partial charge in [0.05, 0.1) is 42.0 Å². The lowest BCUT2D eigenvalue weighted by Gasteiger charge is -2.11. The molecular formula is C37H35Cl4O8+. The molecule has 12 heteroatoms. The molecule has 0 aromatic heterocycles. The number of ketones is 1. The van der Waals surface area contributed by atoms with Crippen LogP contribution in [-0.2, 0) is 11.0 Å². The summed E-state index contributed by atoms with van der Waals surface area (Å²) in [5.74, 6) is 1.09. The Morgan fingerprint density at radius 3 is 1.65 bits per heavy atom. The minimum atomic E-state index is -1.06. The van der Waals surface area contributed by atoms with Crippen molar-refractivity contribution in [3.8, 4) is 17.2 Å². The summed E-state index contributed by atoms with van der Waals surface area (Å²) in [6, 6.07) is 22.2. The Labute approximate surface area is 305 Å². The van der Waals surface area contributed by atoms with Gasteiger partial charge in [-0.2, -0.15) is 0 Å². The van der Waals surface area contributed by atoms with Gasteiger partial charge in [0.1, 0.15) is 17.2 Å². The van der Waals surface area contributed by atoms with Gasteiger partial charge in [-0.05, 0) is 79.6 Å². The van der Waals surface area contributed by atoms with Gasteiger partial charge in [-0.1, -0.05) is 76.8 Å². The predicted octanol–water partition coefficient (Wildman–Crippen LogP) is 9.65. The van der Waals surface area contributed by atoms with Gasteiger partial charge in [-0.15, -0.1) is 0 Å². The van der Waals surface area contributed by atoms with Crippen LogP contribution < -0.4 is 14.2 Å². The maximum Gasteiger partial charge on any atom is 0.345 e. The number of carboxylic acids is 1. The minimum absolute atomic E-state index is 0.0579. The number of hydrogen-bond donors (Lipinski definition) is 2. The highest BCUT2D eigenvalue weighted by atomic mass is 35.5. The zero-order valence-electron chi connectivity index (χ0n) is 27.1. The molecule has 4 aromatic rings. The van der Waals surface area contributed by atoms with Gasteiger partial charge in [-0.3, -0.25) is 4.42 Å². The molecule has 1 aliphatic rings. The van der Waals surface area contributed by atoms with Gasteiger partial charge < -0.3 is 24.4 Å². The highest BCUT2D eigenvalue weighted by molar-refractivity contribution is 6.37. The second kappa shape index (κ2) is 21.6. The standard InChI is InChI=1S/C15H12Cl2O4.C8H6Cl2O2.C7H9O.C7H8O/c1-20-9-2-4-10(5-3-9)21-15(19)14-11(8-18)12(16)6-7-13(14)17;1-4-5(9)2-3-6(10)7(4)8(11)12;2*1-8-7-5-3-2-4-6-7/h2-7,18H,8H2,1H3;2-3H,1H3,(H,11,12);3-6H,2H2,1H3;2-6H,1H3/q;;+1;. The van der Waals surface area contributed by atoms with E-state index < -0.39 is 18.5 Å². The maximum absolute atomic E-state index is 12.2. The summed E-state index contributed by atoms with van der Waals surface area (Å²) in [7, 11) is 4.88. The minimum Gasteiger partial charge on any atom is -0.497 e. The zero-order chi connectivity index (χ0) is 36.3. The lowest BCUT2D eigenvalue weighted by atomic mass is 10.1. The molecule has 0 saturated heterocycles. The van der Waals surface area contributed by atoms with Crippen LogP contribution in [0.25, 0.3) is 0 Å². The first kappa shape index (κ1) is 40.9. The molecule has 0 unspecified atom stereocenters. The topological polar surface area (TPSA) is 114 Å². The molecule has 49 heavy (non-hydrogen) atoms. The third-order valence-corrected chi connectivity index (χ3v) is 7.84. The second-order valence-corrected chi connectivity index (χ2v) is 11.2. The average molecular weight is 749 g/mol. The number of benzene rings is 4. The van der Waals surface area contributed by atoms with E-state index in [-0.39, 0.29) is 31.8 Å². The number of para-hydroxylation sites is 1. The van der Waals surface area contributed by atoms with Crippen LogP contribution >= 0.6 is 46.4 Å². The van der Waals surface area contributed by atoms with Crippen LogP contribution in [0.4, 0.5) is 0 Å². The van der Waals surface area contributed by atoms with E-state index in [0.29, 0.717) is 22.1 Å². The van der Waals surface area contributed by atoms with Gasteiger partial charge in [-0.25, -0.2) is 9.59 Å². The predicted molar refractivity (Wildman–Crippen MR) is 195 cm³/mol. The van der Waals surface area contributed by atoms with Crippen molar-refractivity contribution in [1.82, 2.24) is 0 Å². The monoisotopic (exact) mass is 747 g/mol. The maximum atomic E-state index is 12.2. The summed E-state index contributed by atoms with van der Waals surface area (Å²) >= 11 is 23.3. The molecule has 1 aliphatic carbocycles. The fourth-order valence-corrected chi connectivity index (χ4v) is 4.80. The lowest BCUT2D eigenvalue weighted by Crippen LogP contribution is -2.12. The molecular weight excluding hydrogens is 714 g/mol. The Hall–Kier alpha value is -4.31.